The van der Waals surface area contributed by atoms with Crippen molar-refractivity contribution < 1.29 is 4.74 Å². The van der Waals surface area contributed by atoms with Gasteiger partial charge in [-0.2, -0.15) is 0 Å². The average molecular weight is 201 g/mol. The second-order valence-corrected chi connectivity index (χ2v) is 4.17. The fourth-order valence-corrected chi connectivity index (χ4v) is 1.43. The van der Waals surface area contributed by atoms with Crippen LogP contribution in [0.1, 0.15) is 58.8 Å². The van der Waals surface area contributed by atoms with E-state index in [0.29, 0.717) is 6.61 Å². The lowest BCUT2D eigenvalue weighted by molar-refractivity contribution is 0.120. The van der Waals surface area contributed by atoms with Crippen LogP contribution >= 0.6 is 0 Å². The van der Waals surface area contributed by atoms with Gasteiger partial charge in [0.2, 0.25) is 0 Å². The van der Waals surface area contributed by atoms with E-state index in [-0.39, 0.29) is 6.04 Å². The van der Waals surface area contributed by atoms with Crippen molar-refractivity contribution in [1.29, 1.82) is 0 Å². The fourth-order valence-electron chi connectivity index (χ4n) is 1.43. The second-order valence-electron chi connectivity index (χ2n) is 4.17. The first-order valence-corrected chi connectivity index (χ1v) is 6.10. The molecule has 0 radical (unpaired) electrons. The smallest absolute Gasteiger partial charge is 0.0614 e. The number of ether oxygens (including phenoxy) is 1. The van der Waals surface area contributed by atoms with Crippen LogP contribution in [-0.4, -0.2) is 19.3 Å². The summed E-state index contributed by atoms with van der Waals surface area (Å²) in [6, 6.07) is 0.180. The van der Waals surface area contributed by atoms with Crippen molar-refractivity contribution in [3.05, 3.63) is 0 Å². The van der Waals surface area contributed by atoms with Crippen molar-refractivity contribution >= 4 is 0 Å². The summed E-state index contributed by atoms with van der Waals surface area (Å²) >= 11 is 0. The molecule has 0 saturated carbocycles. The Bertz CT molecular complexity index is 104. The van der Waals surface area contributed by atoms with Crippen molar-refractivity contribution in [2.24, 2.45) is 5.73 Å². The number of nitrogens with two attached hydrogens (primary N) is 1. The van der Waals surface area contributed by atoms with Crippen molar-refractivity contribution in [3.8, 4) is 0 Å². The molecule has 0 aliphatic rings. The number of hydrogen-bond acceptors (Lipinski definition) is 2. The number of hydrogen-bond donors (Lipinski definition) is 1. The Morgan fingerprint density at radius 3 is 2.14 bits per heavy atom. The Balaban J connectivity index is 2.85. The van der Waals surface area contributed by atoms with E-state index in [1.807, 2.05) is 6.92 Å². The maximum atomic E-state index is 5.56. The van der Waals surface area contributed by atoms with Crippen LogP contribution < -0.4 is 5.73 Å². The van der Waals surface area contributed by atoms with Gasteiger partial charge in [-0.15, -0.1) is 0 Å². The first kappa shape index (κ1) is 13.9. The molecular weight excluding hydrogens is 174 g/mol. The van der Waals surface area contributed by atoms with E-state index < -0.39 is 0 Å². The molecule has 2 heteroatoms. The van der Waals surface area contributed by atoms with E-state index >= 15 is 0 Å². The molecule has 1 unspecified atom stereocenters. The molecule has 0 aliphatic carbocycles. The maximum Gasteiger partial charge on any atom is 0.0614 e. The SMILES string of the molecule is CCCCCCCCCOCC(C)N. The standard InChI is InChI=1S/C12H27NO/c1-3-4-5-6-7-8-9-10-14-11-12(2)13/h12H,3-11,13H2,1-2H3. The van der Waals surface area contributed by atoms with Crippen LogP contribution in [0.4, 0.5) is 0 Å². The first-order valence-electron chi connectivity index (χ1n) is 6.10. The monoisotopic (exact) mass is 201 g/mol. The third-order valence-electron chi connectivity index (χ3n) is 2.27. The van der Waals surface area contributed by atoms with E-state index in [1.165, 1.54) is 44.9 Å². The molecule has 2 nitrogen and oxygen atoms in total. The minimum atomic E-state index is 0.180. The van der Waals surface area contributed by atoms with E-state index in [1.54, 1.807) is 0 Å². The van der Waals surface area contributed by atoms with Gasteiger partial charge in [-0.3, -0.25) is 0 Å². The summed E-state index contributed by atoms with van der Waals surface area (Å²) in [5, 5.41) is 0. The van der Waals surface area contributed by atoms with Crippen LogP contribution in [0.2, 0.25) is 0 Å². The van der Waals surface area contributed by atoms with Gasteiger partial charge < -0.3 is 10.5 Å². The first-order chi connectivity index (χ1) is 6.77. The highest BCUT2D eigenvalue weighted by Crippen LogP contribution is 2.06. The van der Waals surface area contributed by atoms with Gasteiger partial charge in [0.25, 0.3) is 0 Å². The van der Waals surface area contributed by atoms with Gasteiger partial charge >= 0.3 is 0 Å². The zero-order valence-electron chi connectivity index (χ0n) is 9.93. The highest BCUT2D eigenvalue weighted by atomic mass is 16.5. The molecule has 0 aliphatic heterocycles. The minimum absolute atomic E-state index is 0.180. The summed E-state index contributed by atoms with van der Waals surface area (Å²) in [5.74, 6) is 0. The summed E-state index contributed by atoms with van der Waals surface area (Å²) in [6.45, 7) is 5.82. The van der Waals surface area contributed by atoms with Crippen molar-refractivity contribution in [3.63, 3.8) is 0 Å². The topological polar surface area (TPSA) is 35.2 Å². The van der Waals surface area contributed by atoms with Crippen molar-refractivity contribution in [2.45, 2.75) is 64.8 Å². The van der Waals surface area contributed by atoms with Gasteiger partial charge in [0.05, 0.1) is 6.61 Å². The lowest BCUT2D eigenvalue weighted by Crippen LogP contribution is -2.22. The number of unbranched alkanes of at least 4 members (excludes halogenated alkanes) is 6. The van der Waals surface area contributed by atoms with Crippen molar-refractivity contribution in [1.82, 2.24) is 0 Å². The fraction of sp³-hybridized carbons (Fsp3) is 1.00. The lowest BCUT2D eigenvalue weighted by atomic mass is 10.1. The van der Waals surface area contributed by atoms with E-state index in [9.17, 15) is 0 Å². The Morgan fingerprint density at radius 2 is 1.57 bits per heavy atom. The molecule has 0 fully saturated rings. The highest BCUT2D eigenvalue weighted by Gasteiger charge is 1.94. The summed E-state index contributed by atoms with van der Waals surface area (Å²) in [6.07, 6.45) is 9.38. The van der Waals surface area contributed by atoms with Gasteiger partial charge in [-0.25, -0.2) is 0 Å². The predicted octanol–water partition coefficient (Wildman–Crippen LogP) is 3.10. The average Bonchev–Trinajstić information content (AvgIpc) is 2.15. The second kappa shape index (κ2) is 11.0. The molecule has 0 spiro atoms. The van der Waals surface area contributed by atoms with Crippen LogP contribution in [0.15, 0.2) is 0 Å². The van der Waals surface area contributed by atoms with Crippen LogP contribution in [0.3, 0.4) is 0 Å². The van der Waals surface area contributed by atoms with E-state index in [4.69, 9.17) is 10.5 Å². The van der Waals surface area contributed by atoms with E-state index in [2.05, 4.69) is 6.92 Å². The molecule has 0 bridgehead atoms. The number of rotatable bonds is 10. The Hall–Kier alpha value is -0.0800. The van der Waals surface area contributed by atoms with Crippen molar-refractivity contribution in [2.75, 3.05) is 13.2 Å². The summed E-state index contributed by atoms with van der Waals surface area (Å²) in [7, 11) is 0. The Kier molecular flexibility index (Phi) is 10.9. The molecule has 0 saturated heterocycles. The molecule has 0 aromatic carbocycles. The molecule has 0 amide bonds. The molecule has 14 heavy (non-hydrogen) atoms. The molecular formula is C12H27NO. The minimum Gasteiger partial charge on any atom is -0.380 e. The summed E-state index contributed by atoms with van der Waals surface area (Å²) in [4.78, 5) is 0. The van der Waals surface area contributed by atoms with Crippen LogP contribution in [0, 0.1) is 0 Å². The quantitative estimate of drug-likeness (QED) is 0.551. The van der Waals surface area contributed by atoms with Gasteiger partial charge in [0.1, 0.15) is 0 Å². The van der Waals surface area contributed by atoms with Gasteiger partial charge in [-0.05, 0) is 13.3 Å². The largest absolute Gasteiger partial charge is 0.380 e. The molecule has 0 aromatic rings. The zero-order chi connectivity index (χ0) is 10.6. The van der Waals surface area contributed by atoms with Gasteiger partial charge in [0.15, 0.2) is 0 Å². The third kappa shape index (κ3) is 11.9. The third-order valence-corrected chi connectivity index (χ3v) is 2.27. The van der Waals surface area contributed by atoms with Crippen LogP contribution in [-0.2, 0) is 4.74 Å². The van der Waals surface area contributed by atoms with Gasteiger partial charge in [0, 0.05) is 12.6 Å². The summed E-state index contributed by atoms with van der Waals surface area (Å²) in [5.41, 5.74) is 5.56. The lowest BCUT2D eigenvalue weighted by Gasteiger charge is -2.06. The van der Waals surface area contributed by atoms with E-state index in [0.717, 1.165) is 6.61 Å². The normalized spacial score (nSPS) is 13.1. The molecule has 0 rings (SSSR count). The molecule has 86 valence electrons. The molecule has 0 aromatic heterocycles. The predicted molar refractivity (Wildman–Crippen MR) is 62.5 cm³/mol. The van der Waals surface area contributed by atoms with Crippen LogP contribution in [0.5, 0.6) is 0 Å². The molecule has 0 heterocycles. The van der Waals surface area contributed by atoms with Gasteiger partial charge in [-0.1, -0.05) is 45.4 Å². The Morgan fingerprint density at radius 1 is 1.00 bits per heavy atom. The summed E-state index contributed by atoms with van der Waals surface area (Å²) < 4.78 is 5.40. The highest BCUT2D eigenvalue weighted by molar-refractivity contribution is 4.49. The molecule has 2 N–H and O–H groups in total. The van der Waals surface area contributed by atoms with Crippen LogP contribution in [0.25, 0.3) is 0 Å². The maximum absolute atomic E-state index is 5.56. The molecule has 1 atom stereocenters. The zero-order valence-corrected chi connectivity index (χ0v) is 9.93. The Labute approximate surface area is 89.2 Å².